The highest BCUT2D eigenvalue weighted by Crippen LogP contribution is 2.30. The highest BCUT2D eigenvalue weighted by atomic mass is 32.2. The maximum atomic E-state index is 12.6. The van der Waals surface area contributed by atoms with Crippen LogP contribution in [0.3, 0.4) is 0 Å². The second-order valence-electron chi connectivity index (χ2n) is 4.97. The van der Waals surface area contributed by atoms with Crippen molar-refractivity contribution in [2.45, 2.75) is 25.7 Å². The van der Waals surface area contributed by atoms with Crippen LogP contribution in [0.2, 0.25) is 0 Å². The third kappa shape index (κ3) is 2.87. The number of ether oxygens (including phenoxy) is 1. The summed E-state index contributed by atoms with van der Waals surface area (Å²) in [5.74, 6) is 0.376. The number of methoxy groups -OCH3 is 1. The summed E-state index contributed by atoms with van der Waals surface area (Å²) in [6, 6.07) is 5.21. The molecule has 21 heavy (non-hydrogen) atoms. The zero-order valence-electron chi connectivity index (χ0n) is 12.8. The molecule has 0 aliphatic heterocycles. The van der Waals surface area contributed by atoms with E-state index in [0.717, 1.165) is 5.56 Å². The molecule has 7 heteroatoms. The average molecular weight is 309 g/mol. The van der Waals surface area contributed by atoms with Crippen molar-refractivity contribution >= 4 is 15.7 Å². The van der Waals surface area contributed by atoms with E-state index in [9.17, 15) is 8.42 Å². The van der Waals surface area contributed by atoms with E-state index in [-0.39, 0.29) is 4.90 Å². The normalized spacial score (nSPS) is 11.5. The lowest BCUT2D eigenvalue weighted by Crippen LogP contribution is -2.15. The van der Waals surface area contributed by atoms with Gasteiger partial charge in [0.05, 0.1) is 17.7 Å². The van der Waals surface area contributed by atoms with E-state index >= 15 is 0 Å². The minimum atomic E-state index is -3.69. The van der Waals surface area contributed by atoms with E-state index in [1.807, 2.05) is 13.0 Å². The Morgan fingerprint density at radius 2 is 1.90 bits per heavy atom. The number of nitrogens with zero attached hydrogens (tertiary/aromatic N) is 2. The molecule has 2 aromatic rings. The van der Waals surface area contributed by atoms with Crippen LogP contribution in [0.15, 0.2) is 23.1 Å². The first-order valence-corrected chi connectivity index (χ1v) is 7.92. The van der Waals surface area contributed by atoms with Crippen molar-refractivity contribution in [2.75, 3.05) is 11.8 Å². The van der Waals surface area contributed by atoms with E-state index < -0.39 is 10.0 Å². The van der Waals surface area contributed by atoms with Gasteiger partial charge >= 0.3 is 0 Å². The molecular weight excluding hydrogens is 290 g/mol. The molecule has 0 saturated carbocycles. The Labute approximate surface area is 124 Å². The third-order valence-electron chi connectivity index (χ3n) is 3.22. The van der Waals surface area contributed by atoms with Gasteiger partial charge in [-0.15, -0.1) is 0 Å². The van der Waals surface area contributed by atoms with Gasteiger partial charge < -0.3 is 4.74 Å². The zero-order chi connectivity index (χ0) is 15.8. The summed E-state index contributed by atoms with van der Waals surface area (Å²) in [6.45, 7) is 5.42. The maximum Gasteiger partial charge on any atom is 0.262 e. The standard InChI is InChI=1S/C14H19N3O3S/c1-9-6-7-12(10(2)8-9)21(18,19)16-13-11(3)15-17(4)14(13)20-5/h6-8,16H,1-5H3. The molecule has 0 unspecified atom stereocenters. The monoisotopic (exact) mass is 309 g/mol. The number of aryl methyl sites for hydroxylation is 4. The predicted octanol–water partition coefficient (Wildman–Crippen LogP) is 2.15. The molecule has 0 spiro atoms. The molecular formula is C14H19N3O3S. The molecule has 0 amide bonds. The lowest BCUT2D eigenvalue weighted by molar-refractivity contribution is 0.375. The quantitative estimate of drug-likeness (QED) is 0.939. The molecule has 0 radical (unpaired) electrons. The first-order chi connectivity index (χ1) is 9.76. The molecule has 0 fully saturated rings. The molecule has 2 rings (SSSR count). The molecule has 1 heterocycles. The van der Waals surface area contributed by atoms with Crippen LogP contribution < -0.4 is 9.46 Å². The topological polar surface area (TPSA) is 73.2 Å². The molecule has 0 saturated heterocycles. The second kappa shape index (κ2) is 5.40. The maximum absolute atomic E-state index is 12.6. The van der Waals surface area contributed by atoms with Crippen molar-refractivity contribution in [3.8, 4) is 5.88 Å². The molecule has 114 valence electrons. The van der Waals surface area contributed by atoms with E-state index in [0.29, 0.717) is 22.8 Å². The number of aromatic nitrogens is 2. The highest BCUT2D eigenvalue weighted by Gasteiger charge is 2.22. The van der Waals surface area contributed by atoms with Gasteiger partial charge in [-0.2, -0.15) is 5.10 Å². The number of hydrogen-bond donors (Lipinski definition) is 1. The summed E-state index contributed by atoms with van der Waals surface area (Å²) in [5.41, 5.74) is 2.63. The summed E-state index contributed by atoms with van der Waals surface area (Å²) < 4.78 is 34.4. The van der Waals surface area contributed by atoms with E-state index in [4.69, 9.17) is 4.74 Å². The molecule has 6 nitrogen and oxygen atoms in total. The van der Waals surface area contributed by atoms with Crippen LogP contribution in [0.5, 0.6) is 5.88 Å². The van der Waals surface area contributed by atoms with Gasteiger partial charge in [0.25, 0.3) is 10.0 Å². The number of anilines is 1. The van der Waals surface area contributed by atoms with Crippen molar-refractivity contribution in [1.29, 1.82) is 0 Å². The lowest BCUT2D eigenvalue weighted by atomic mass is 10.2. The fraction of sp³-hybridized carbons (Fsp3) is 0.357. The van der Waals surface area contributed by atoms with E-state index in [2.05, 4.69) is 9.82 Å². The zero-order valence-corrected chi connectivity index (χ0v) is 13.6. The third-order valence-corrected chi connectivity index (χ3v) is 4.73. The van der Waals surface area contributed by atoms with Gasteiger partial charge in [0.15, 0.2) is 0 Å². The molecule has 0 aliphatic rings. The fourth-order valence-electron chi connectivity index (χ4n) is 2.28. The number of hydrogen-bond acceptors (Lipinski definition) is 4. The van der Waals surface area contributed by atoms with Gasteiger partial charge in [0, 0.05) is 7.05 Å². The minimum Gasteiger partial charge on any atom is -0.480 e. The van der Waals surface area contributed by atoms with Crippen molar-refractivity contribution in [2.24, 2.45) is 7.05 Å². The summed E-state index contributed by atoms with van der Waals surface area (Å²) in [7, 11) is -0.513. The van der Waals surface area contributed by atoms with Gasteiger partial charge in [0.1, 0.15) is 5.69 Å². The van der Waals surface area contributed by atoms with Crippen molar-refractivity contribution in [1.82, 2.24) is 9.78 Å². The van der Waals surface area contributed by atoms with E-state index in [1.165, 1.54) is 11.8 Å². The van der Waals surface area contributed by atoms with Gasteiger partial charge in [0.2, 0.25) is 5.88 Å². The highest BCUT2D eigenvalue weighted by molar-refractivity contribution is 7.92. The van der Waals surface area contributed by atoms with Gasteiger partial charge in [-0.1, -0.05) is 17.7 Å². The Balaban J connectivity index is 2.47. The smallest absolute Gasteiger partial charge is 0.262 e. The summed E-state index contributed by atoms with van der Waals surface area (Å²) in [4.78, 5) is 0.249. The fourth-order valence-corrected chi connectivity index (χ4v) is 3.62. The number of sulfonamides is 1. The van der Waals surface area contributed by atoms with Crippen LogP contribution >= 0.6 is 0 Å². The first kappa shape index (κ1) is 15.4. The van der Waals surface area contributed by atoms with Crippen LogP contribution in [0.1, 0.15) is 16.8 Å². The molecule has 1 aromatic heterocycles. The molecule has 1 aromatic carbocycles. The first-order valence-electron chi connectivity index (χ1n) is 6.44. The van der Waals surface area contributed by atoms with Crippen molar-refractivity contribution < 1.29 is 13.2 Å². The lowest BCUT2D eigenvalue weighted by Gasteiger charge is -2.11. The minimum absolute atomic E-state index is 0.249. The molecule has 0 bridgehead atoms. The van der Waals surface area contributed by atoms with Crippen LogP contribution in [-0.4, -0.2) is 25.3 Å². The second-order valence-corrected chi connectivity index (χ2v) is 6.62. The number of nitrogens with one attached hydrogen (secondary N) is 1. The SMILES string of the molecule is COc1c(NS(=O)(=O)c2ccc(C)cc2C)c(C)nn1C. The molecule has 0 aliphatic carbocycles. The van der Waals surface area contributed by atoms with E-state index in [1.54, 1.807) is 33.0 Å². The number of benzene rings is 1. The van der Waals surface area contributed by atoms with Crippen LogP contribution in [0.25, 0.3) is 0 Å². The Bertz CT molecular complexity index is 779. The van der Waals surface area contributed by atoms with Gasteiger partial charge in [-0.05, 0) is 32.4 Å². The van der Waals surface area contributed by atoms with Crippen LogP contribution in [-0.2, 0) is 17.1 Å². The van der Waals surface area contributed by atoms with Gasteiger partial charge in [-0.25, -0.2) is 13.1 Å². The molecule has 1 N–H and O–H groups in total. The Kier molecular flexibility index (Phi) is 3.95. The summed E-state index contributed by atoms with van der Waals surface area (Å²) in [6.07, 6.45) is 0. The number of rotatable bonds is 4. The summed E-state index contributed by atoms with van der Waals surface area (Å²) >= 11 is 0. The van der Waals surface area contributed by atoms with Crippen LogP contribution in [0.4, 0.5) is 5.69 Å². The van der Waals surface area contributed by atoms with Crippen molar-refractivity contribution in [3.05, 3.63) is 35.0 Å². The van der Waals surface area contributed by atoms with Gasteiger partial charge in [-0.3, -0.25) is 4.72 Å². The Hall–Kier alpha value is -2.02. The van der Waals surface area contributed by atoms with Crippen LogP contribution in [0, 0.1) is 20.8 Å². The molecule has 0 atom stereocenters. The average Bonchev–Trinajstić information content (AvgIpc) is 2.62. The van der Waals surface area contributed by atoms with Crippen molar-refractivity contribution in [3.63, 3.8) is 0 Å². The summed E-state index contributed by atoms with van der Waals surface area (Å²) in [5, 5.41) is 4.16. The Morgan fingerprint density at radius 3 is 2.48 bits per heavy atom. The largest absolute Gasteiger partial charge is 0.480 e. The Morgan fingerprint density at radius 1 is 1.24 bits per heavy atom. The predicted molar refractivity (Wildman–Crippen MR) is 81.2 cm³/mol.